The summed E-state index contributed by atoms with van der Waals surface area (Å²) in [6.45, 7) is 0.919. The Morgan fingerprint density at radius 3 is 2.05 bits per heavy atom. The normalized spacial score (nSPS) is 10.7. The van der Waals surface area contributed by atoms with Crippen molar-refractivity contribution in [1.29, 1.82) is 0 Å². The molecule has 0 aliphatic rings. The maximum atomic E-state index is 10.5. The number of hydrogen-bond donors (Lipinski definition) is 2. The molecule has 0 heterocycles. The monoisotopic (exact) mass is 283 g/mol. The van der Waals surface area contributed by atoms with E-state index in [1.165, 1.54) is 0 Å². The first-order chi connectivity index (χ1) is 10.3. The smallest absolute Gasteiger partial charge is 0.150 e. The van der Waals surface area contributed by atoms with E-state index in [1.807, 2.05) is 24.3 Å². The second-order valence-corrected chi connectivity index (χ2v) is 4.46. The minimum Gasteiger partial charge on any atom is -0.396 e. The second-order valence-electron chi connectivity index (χ2n) is 4.46. The quantitative estimate of drug-likeness (QED) is 0.462. The highest BCUT2D eigenvalue weighted by atomic mass is 16.3. The molecule has 21 heavy (non-hydrogen) atoms. The molecule has 5 heteroatoms. The SMILES string of the molecule is O=Cc1ccc(/N=N/c2ccc(NCCCO)cc2)cc1. The molecule has 0 fully saturated rings. The summed E-state index contributed by atoms with van der Waals surface area (Å²) in [5.74, 6) is 0. The Bertz CT molecular complexity index is 592. The van der Waals surface area contributed by atoms with Crippen LogP contribution in [0.5, 0.6) is 0 Å². The van der Waals surface area contributed by atoms with Gasteiger partial charge < -0.3 is 10.4 Å². The van der Waals surface area contributed by atoms with Gasteiger partial charge >= 0.3 is 0 Å². The molecule has 0 aromatic heterocycles. The minimum absolute atomic E-state index is 0.183. The van der Waals surface area contributed by atoms with Gasteiger partial charge in [-0.3, -0.25) is 4.79 Å². The summed E-state index contributed by atoms with van der Waals surface area (Å²) in [7, 11) is 0. The maximum absolute atomic E-state index is 10.5. The molecule has 108 valence electrons. The van der Waals surface area contributed by atoms with Crippen molar-refractivity contribution in [3.63, 3.8) is 0 Å². The van der Waals surface area contributed by atoms with E-state index < -0.39 is 0 Å². The number of aliphatic hydroxyl groups excluding tert-OH is 1. The fourth-order valence-corrected chi connectivity index (χ4v) is 1.69. The van der Waals surface area contributed by atoms with Crippen molar-refractivity contribution in [2.24, 2.45) is 10.2 Å². The third kappa shape index (κ3) is 4.81. The Morgan fingerprint density at radius 1 is 0.952 bits per heavy atom. The van der Waals surface area contributed by atoms with E-state index in [0.29, 0.717) is 11.3 Å². The number of carbonyl (C=O) groups is 1. The molecule has 2 aromatic carbocycles. The predicted molar refractivity (Wildman–Crippen MR) is 82.6 cm³/mol. The lowest BCUT2D eigenvalue weighted by Crippen LogP contribution is -2.02. The number of nitrogens with zero attached hydrogens (tertiary/aromatic N) is 2. The van der Waals surface area contributed by atoms with Gasteiger partial charge in [0.25, 0.3) is 0 Å². The van der Waals surface area contributed by atoms with Crippen LogP contribution in [-0.4, -0.2) is 24.5 Å². The van der Waals surface area contributed by atoms with Crippen molar-refractivity contribution in [3.05, 3.63) is 54.1 Å². The average Bonchev–Trinajstić information content (AvgIpc) is 2.55. The number of aliphatic hydroxyl groups is 1. The molecule has 0 saturated heterocycles. The van der Waals surface area contributed by atoms with Crippen LogP contribution >= 0.6 is 0 Å². The lowest BCUT2D eigenvalue weighted by molar-refractivity contribution is 0.112. The van der Waals surface area contributed by atoms with Crippen molar-refractivity contribution < 1.29 is 9.90 Å². The maximum Gasteiger partial charge on any atom is 0.150 e. The van der Waals surface area contributed by atoms with Crippen LogP contribution in [0.25, 0.3) is 0 Å². The van der Waals surface area contributed by atoms with Gasteiger partial charge in [-0.2, -0.15) is 10.2 Å². The van der Waals surface area contributed by atoms with Crippen LogP contribution in [0.15, 0.2) is 58.8 Å². The number of hydrogen-bond acceptors (Lipinski definition) is 5. The van der Waals surface area contributed by atoms with Crippen LogP contribution in [0.1, 0.15) is 16.8 Å². The number of rotatable bonds is 7. The molecule has 0 aliphatic heterocycles. The van der Waals surface area contributed by atoms with Gasteiger partial charge in [0.1, 0.15) is 6.29 Å². The lowest BCUT2D eigenvalue weighted by Gasteiger charge is -2.04. The average molecular weight is 283 g/mol. The van der Waals surface area contributed by atoms with Gasteiger partial charge in [-0.15, -0.1) is 0 Å². The number of anilines is 1. The topological polar surface area (TPSA) is 74.0 Å². The van der Waals surface area contributed by atoms with Gasteiger partial charge in [0, 0.05) is 24.4 Å². The molecule has 2 N–H and O–H groups in total. The molecule has 0 amide bonds. The first-order valence-corrected chi connectivity index (χ1v) is 6.73. The van der Waals surface area contributed by atoms with Crippen LogP contribution < -0.4 is 5.32 Å². The first kappa shape index (κ1) is 14.9. The number of nitrogens with one attached hydrogen (secondary N) is 1. The molecule has 5 nitrogen and oxygen atoms in total. The summed E-state index contributed by atoms with van der Waals surface area (Å²) in [5.41, 5.74) is 3.05. The molecule has 2 rings (SSSR count). The van der Waals surface area contributed by atoms with Gasteiger partial charge in [-0.1, -0.05) is 0 Å². The van der Waals surface area contributed by atoms with E-state index in [-0.39, 0.29) is 6.61 Å². The molecule has 0 unspecified atom stereocenters. The van der Waals surface area contributed by atoms with Crippen LogP contribution in [0.4, 0.5) is 17.1 Å². The summed E-state index contributed by atoms with van der Waals surface area (Å²) < 4.78 is 0. The summed E-state index contributed by atoms with van der Waals surface area (Å²) in [6.07, 6.45) is 1.52. The zero-order valence-corrected chi connectivity index (χ0v) is 11.6. The molecule has 0 radical (unpaired) electrons. The van der Waals surface area contributed by atoms with Crippen molar-refractivity contribution in [1.82, 2.24) is 0 Å². The highest BCUT2D eigenvalue weighted by Crippen LogP contribution is 2.20. The van der Waals surface area contributed by atoms with Gasteiger partial charge in [-0.25, -0.2) is 0 Å². The lowest BCUT2D eigenvalue weighted by atomic mass is 10.2. The Kier molecular flexibility index (Phi) is 5.60. The predicted octanol–water partition coefficient (Wildman–Crippen LogP) is 3.71. The van der Waals surface area contributed by atoms with E-state index in [0.717, 1.165) is 30.6 Å². The Balaban J connectivity index is 1.95. The fourth-order valence-electron chi connectivity index (χ4n) is 1.69. The van der Waals surface area contributed by atoms with E-state index in [1.54, 1.807) is 24.3 Å². The summed E-state index contributed by atoms with van der Waals surface area (Å²) in [6, 6.07) is 14.5. The Hall–Kier alpha value is -2.53. The molecule has 0 spiro atoms. The van der Waals surface area contributed by atoms with Crippen LogP contribution in [0.3, 0.4) is 0 Å². The van der Waals surface area contributed by atoms with E-state index in [2.05, 4.69) is 15.5 Å². The van der Waals surface area contributed by atoms with Crippen LogP contribution in [-0.2, 0) is 0 Å². The summed E-state index contributed by atoms with van der Waals surface area (Å²) in [5, 5.41) is 20.2. The number of azo groups is 1. The third-order valence-corrected chi connectivity index (χ3v) is 2.84. The molecule has 0 bridgehead atoms. The van der Waals surface area contributed by atoms with Gasteiger partial charge in [-0.05, 0) is 55.0 Å². The fraction of sp³-hybridized carbons (Fsp3) is 0.188. The molecular formula is C16H17N3O2. The van der Waals surface area contributed by atoms with Crippen molar-refractivity contribution in [2.45, 2.75) is 6.42 Å². The largest absolute Gasteiger partial charge is 0.396 e. The zero-order valence-electron chi connectivity index (χ0n) is 11.6. The molecular weight excluding hydrogens is 266 g/mol. The van der Waals surface area contributed by atoms with Gasteiger partial charge in [0.2, 0.25) is 0 Å². The number of benzene rings is 2. The Labute approximate surface area is 123 Å². The highest BCUT2D eigenvalue weighted by Gasteiger charge is 1.94. The standard InChI is InChI=1S/C16H17N3O2/c20-11-1-10-17-14-6-8-16(9-7-14)19-18-15-4-2-13(12-21)3-5-15/h2-9,12,17,20H,1,10-11H2/b19-18+. The van der Waals surface area contributed by atoms with Crippen molar-refractivity contribution >= 4 is 23.3 Å². The van der Waals surface area contributed by atoms with E-state index >= 15 is 0 Å². The van der Waals surface area contributed by atoms with E-state index in [9.17, 15) is 4.79 Å². The third-order valence-electron chi connectivity index (χ3n) is 2.84. The minimum atomic E-state index is 0.183. The van der Waals surface area contributed by atoms with Crippen LogP contribution in [0.2, 0.25) is 0 Å². The number of carbonyl (C=O) groups excluding carboxylic acids is 1. The summed E-state index contributed by atoms with van der Waals surface area (Å²) >= 11 is 0. The summed E-state index contributed by atoms with van der Waals surface area (Å²) in [4.78, 5) is 10.5. The number of aldehydes is 1. The first-order valence-electron chi connectivity index (χ1n) is 6.73. The van der Waals surface area contributed by atoms with Crippen molar-refractivity contribution in [2.75, 3.05) is 18.5 Å². The molecule has 0 atom stereocenters. The highest BCUT2D eigenvalue weighted by molar-refractivity contribution is 5.75. The van der Waals surface area contributed by atoms with Gasteiger partial charge in [0.05, 0.1) is 11.4 Å². The van der Waals surface area contributed by atoms with E-state index in [4.69, 9.17) is 5.11 Å². The van der Waals surface area contributed by atoms with Gasteiger partial charge in [0.15, 0.2) is 0 Å². The second kappa shape index (κ2) is 7.91. The molecule has 2 aromatic rings. The molecule has 0 saturated carbocycles. The zero-order chi connectivity index (χ0) is 14.9. The van der Waals surface area contributed by atoms with Crippen LogP contribution in [0, 0.1) is 0 Å². The molecule has 0 aliphatic carbocycles. The Morgan fingerprint density at radius 2 is 1.52 bits per heavy atom. The van der Waals surface area contributed by atoms with Crippen molar-refractivity contribution in [3.8, 4) is 0 Å².